The number of nitrogens with one attached hydrogen (secondary N) is 1. The summed E-state index contributed by atoms with van der Waals surface area (Å²) in [5, 5.41) is 3.21. The third-order valence-electron chi connectivity index (χ3n) is 4.67. The summed E-state index contributed by atoms with van der Waals surface area (Å²) in [6.07, 6.45) is 0. The minimum atomic E-state index is -0.281. The van der Waals surface area contributed by atoms with E-state index >= 15 is 0 Å². The van der Waals surface area contributed by atoms with E-state index in [4.69, 9.17) is 4.98 Å². The summed E-state index contributed by atoms with van der Waals surface area (Å²) in [6, 6.07) is 18.2. The van der Waals surface area contributed by atoms with Gasteiger partial charge in [-0.1, -0.05) is 36.4 Å². The molecule has 0 unspecified atom stereocenters. The summed E-state index contributed by atoms with van der Waals surface area (Å²) < 4.78 is 13.5. The molecule has 0 atom stereocenters. The monoisotopic (exact) mass is 363 g/mol. The van der Waals surface area contributed by atoms with E-state index in [0.29, 0.717) is 17.3 Å². The van der Waals surface area contributed by atoms with Crippen LogP contribution in [-0.4, -0.2) is 48.1 Å². The Balaban J connectivity index is 1.70. The highest BCUT2D eigenvalue weighted by Gasteiger charge is 2.17. The second kappa shape index (κ2) is 7.72. The number of benzene rings is 2. The SMILES string of the molecule is CN1CCN(c2cc(Nc3cccc(F)c3)nc(-c3ccccc3)n2)CC1. The summed E-state index contributed by atoms with van der Waals surface area (Å²) in [7, 11) is 2.13. The Hall–Kier alpha value is -2.99. The molecule has 0 spiro atoms. The number of hydrogen-bond donors (Lipinski definition) is 1. The van der Waals surface area contributed by atoms with Crippen LogP contribution in [0.3, 0.4) is 0 Å². The van der Waals surface area contributed by atoms with Crippen molar-refractivity contribution in [3.63, 3.8) is 0 Å². The Bertz CT molecular complexity index is 907. The van der Waals surface area contributed by atoms with Gasteiger partial charge in [0, 0.05) is 43.5 Å². The van der Waals surface area contributed by atoms with Crippen molar-refractivity contribution in [3.8, 4) is 11.4 Å². The van der Waals surface area contributed by atoms with Crippen LogP contribution in [0.2, 0.25) is 0 Å². The highest BCUT2D eigenvalue weighted by Crippen LogP contribution is 2.25. The molecule has 1 aliphatic heterocycles. The van der Waals surface area contributed by atoms with Gasteiger partial charge in [0.15, 0.2) is 5.82 Å². The molecule has 4 rings (SSSR count). The Morgan fingerprint density at radius 3 is 2.41 bits per heavy atom. The molecule has 6 heteroatoms. The molecule has 1 saturated heterocycles. The van der Waals surface area contributed by atoms with E-state index in [1.54, 1.807) is 6.07 Å². The fraction of sp³-hybridized carbons (Fsp3) is 0.238. The normalized spacial score (nSPS) is 15.0. The molecule has 1 N–H and O–H groups in total. The molecule has 1 aliphatic rings. The topological polar surface area (TPSA) is 44.3 Å². The van der Waals surface area contributed by atoms with E-state index in [2.05, 4.69) is 27.1 Å². The molecule has 5 nitrogen and oxygen atoms in total. The van der Waals surface area contributed by atoms with Crippen LogP contribution < -0.4 is 10.2 Å². The maximum Gasteiger partial charge on any atom is 0.163 e. The first-order chi connectivity index (χ1) is 13.2. The Morgan fingerprint density at radius 1 is 0.889 bits per heavy atom. The number of nitrogens with zero attached hydrogens (tertiary/aromatic N) is 4. The van der Waals surface area contributed by atoms with Crippen molar-refractivity contribution in [2.24, 2.45) is 0 Å². The summed E-state index contributed by atoms with van der Waals surface area (Å²) in [5.41, 5.74) is 1.62. The van der Waals surface area contributed by atoms with Gasteiger partial charge in [-0.3, -0.25) is 0 Å². The van der Waals surface area contributed by atoms with Crippen molar-refractivity contribution in [2.75, 3.05) is 43.4 Å². The van der Waals surface area contributed by atoms with Gasteiger partial charge >= 0.3 is 0 Å². The third-order valence-corrected chi connectivity index (χ3v) is 4.67. The van der Waals surface area contributed by atoms with Crippen molar-refractivity contribution < 1.29 is 4.39 Å². The first-order valence-electron chi connectivity index (χ1n) is 9.08. The zero-order chi connectivity index (χ0) is 18.6. The number of piperazine rings is 1. The average molecular weight is 363 g/mol. The number of rotatable bonds is 4. The molecule has 2 heterocycles. The predicted molar refractivity (Wildman–Crippen MR) is 107 cm³/mol. The predicted octanol–water partition coefficient (Wildman–Crippen LogP) is 3.78. The lowest BCUT2D eigenvalue weighted by atomic mass is 10.2. The number of anilines is 3. The molecule has 27 heavy (non-hydrogen) atoms. The minimum Gasteiger partial charge on any atom is -0.354 e. The van der Waals surface area contributed by atoms with Crippen molar-refractivity contribution in [3.05, 3.63) is 66.5 Å². The Morgan fingerprint density at radius 2 is 1.67 bits per heavy atom. The van der Waals surface area contributed by atoms with Gasteiger partial charge in [0.05, 0.1) is 0 Å². The lowest BCUT2D eigenvalue weighted by molar-refractivity contribution is 0.312. The molecular weight excluding hydrogens is 341 g/mol. The smallest absolute Gasteiger partial charge is 0.163 e. The van der Waals surface area contributed by atoms with E-state index in [0.717, 1.165) is 37.6 Å². The van der Waals surface area contributed by atoms with Gasteiger partial charge in [0.25, 0.3) is 0 Å². The highest BCUT2D eigenvalue weighted by molar-refractivity contribution is 5.65. The molecule has 1 aromatic heterocycles. The van der Waals surface area contributed by atoms with Crippen LogP contribution in [0.15, 0.2) is 60.7 Å². The zero-order valence-electron chi connectivity index (χ0n) is 15.3. The second-order valence-corrected chi connectivity index (χ2v) is 6.73. The van der Waals surface area contributed by atoms with E-state index in [1.807, 2.05) is 42.5 Å². The van der Waals surface area contributed by atoms with E-state index in [1.165, 1.54) is 12.1 Å². The maximum absolute atomic E-state index is 13.5. The average Bonchev–Trinajstić information content (AvgIpc) is 2.69. The fourth-order valence-electron chi connectivity index (χ4n) is 3.13. The number of hydrogen-bond acceptors (Lipinski definition) is 5. The quantitative estimate of drug-likeness (QED) is 0.764. The van der Waals surface area contributed by atoms with Crippen molar-refractivity contribution in [1.82, 2.24) is 14.9 Å². The summed E-state index contributed by atoms with van der Waals surface area (Å²) in [5.74, 6) is 1.92. The summed E-state index contributed by atoms with van der Waals surface area (Å²) in [6.45, 7) is 3.83. The molecule has 0 aliphatic carbocycles. The first-order valence-corrected chi connectivity index (χ1v) is 9.08. The number of likely N-dealkylation sites (N-methyl/N-ethyl adjacent to an activating group) is 1. The van der Waals surface area contributed by atoms with Crippen LogP contribution in [0.25, 0.3) is 11.4 Å². The zero-order valence-corrected chi connectivity index (χ0v) is 15.3. The highest BCUT2D eigenvalue weighted by atomic mass is 19.1. The van der Waals surface area contributed by atoms with Gasteiger partial charge in [0.2, 0.25) is 0 Å². The van der Waals surface area contributed by atoms with E-state index < -0.39 is 0 Å². The lowest BCUT2D eigenvalue weighted by Gasteiger charge is -2.33. The first kappa shape index (κ1) is 17.4. The lowest BCUT2D eigenvalue weighted by Crippen LogP contribution is -2.44. The standard InChI is InChI=1S/C21H22FN5/c1-26-10-12-27(13-11-26)20-15-19(23-18-9-5-8-17(22)14-18)24-21(25-20)16-6-3-2-4-7-16/h2-9,14-15H,10-13H2,1H3,(H,23,24,25). The van der Waals surface area contributed by atoms with Crippen molar-refractivity contribution >= 4 is 17.3 Å². The second-order valence-electron chi connectivity index (χ2n) is 6.73. The van der Waals surface area contributed by atoms with Gasteiger partial charge in [0.1, 0.15) is 17.5 Å². The molecule has 0 bridgehead atoms. The van der Waals surface area contributed by atoms with Crippen molar-refractivity contribution in [1.29, 1.82) is 0 Å². The largest absolute Gasteiger partial charge is 0.354 e. The molecule has 2 aromatic carbocycles. The van der Waals surface area contributed by atoms with Gasteiger partial charge in [-0.15, -0.1) is 0 Å². The summed E-state index contributed by atoms with van der Waals surface area (Å²) >= 11 is 0. The molecular formula is C21H22FN5. The molecule has 138 valence electrons. The molecule has 3 aromatic rings. The molecule has 1 fully saturated rings. The minimum absolute atomic E-state index is 0.281. The fourth-order valence-corrected chi connectivity index (χ4v) is 3.13. The molecule has 0 amide bonds. The van der Waals surface area contributed by atoms with Crippen LogP contribution in [-0.2, 0) is 0 Å². The van der Waals surface area contributed by atoms with Crippen LogP contribution >= 0.6 is 0 Å². The van der Waals surface area contributed by atoms with E-state index in [-0.39, 0.29) is 5.82 Å². The number of halogens is 1. The maximum atomic E-state index is 13.5. The van der Waals surface area contributed by atoms with E-state index in [9.17, 15) is 4.39 Å². The van der Waals surface area contributed by atoms with Gasteiger partial charge in [-0.2, -0.15) is 0 Å². The van der Waals surface area contributed by atoms with Crippen LogP contribution in [0, 0.1) is 5.82 Å². The van der Waals surface area contributed by atoms with Gasteiger partial charge in [-0.25, -0.2) is 14.4 Å². The molecule has 0 saturated carbocycles. The number of aromatic nitrogens is 2. The van der Waals surface area contributed by atoms with Gasteiger partial charge in [-0.05, 0) is 25.2 Å². The van der Waals surface area contributed by atoms with Crippen molar-refractivity contribution in [2.45, 2.75) is 0 Å². The van der Waals surface area contributed by atoms with Gasteiger partial charge < -0.3 is 15.1 Å². The molecule has 0 radical (unpaired) electrons. The van der Waals surface area contributed by atoms with Crippen LogP contribution in [0.4, 0.5) is 21.7 Å². The Labute approximate surface area is 158 Å². The third kappa shape index (κ3) is 4.23. The van der Waals surface area contributed by atoms with Crippen LogP contribution in [0.5, 0.6) is 0 Å². The Kier molecular flexibility index (Phi) is 4.98. The summed E-state index contributed by atoms with van der Waals surface area (Å²) in [4.78, 5) is 14.0. The van der Waals surface area contributed by atoms with Crippen LogP contribution in [0.1, 0.15) is 0 Å².